The number of carbonyl (C=O) groups is 2. The van der Waals surface area contributed by atoms with Crippen molar-refractivity contribution in [2.75, 3.05) is 43.0 Å². The third-order valence-corrected chi connectivity index (χ3v) is 5.65. The van der Waals surface area contributed by atoms with E-state index in [1.165, 1.54) is 17.3 Å². The van der Waals surface area contributed by atoms with Crippen molar-refractivity contribution in [1.82, 2.24) is 9.80 Å². The third-order valence-electron chi connectivity index (χ3n) is 4.73. The Morgan fingerprint density at radius 1 is 0.964 bits per heavy atom. The van der Waals surface area contributed by atoms with Gasteiger partial charge in [-0.2, -0.15) is 0 Å². The number of nitrogens with zero attached hydrogens (tertiary/aromatic N) is 2. The Morgan fingerprint density at radius 2 is 1.71 bits per heavy atom. The largest absolute Gasteiger partial charge is 0.339 e. The van der Waals surface area contributed by atoms with E-state index in [2.05, 4.69) is 34.5 Å². The van der Waals surface area contributed by atoms with Gasteiger partial charge in [0.2, 0.25) is 11.8 Å². The van der Waals surface area contributed by atoms with Crippen LogP contribution in [0, 0.1) is 6.92 Å². The minimum atomic E-state index is -0.0731. The molecule has 28 heavy (non-hydrogen) atoms. The van der Waals surface area contributed by atoms with Crippen molar-refractivity contribution in [2.45, 2.75) is 13.5 Å². The van der Waals surface area contributed by atoms with Crippen LogP contribution in [0.3, 0.4) is 0 Å². The highest BCUT2D eigenvalue weighted by atomic mass is 32.2. The van der Waals surface area contributed by atoms with E-state index in [1.807, 2.05) is 42.2 Å². The smallest absolute Gasteiger partial charge is 0.234 e. The molecule has 3 rings (SSSR count). The van der Waals surface area contributed by atoms with Gasteiger partial charge in [0.25, 0.3) is 0 Å². The summed E-state index contributed by atoms with van der Waals surface area (Å²) in [5.74, 6) is 0.678. The topological polar surface area (TPSA) is 52.7 Å². The zero-order valence-electron chi connectivity index (χ0n) is 16.3. The third kappa shape index (κ3) is 6.39. The van der Waals surface area contributed by atoms with E-state index in [9.17, 15) is 9.59 Å². The minimum absolute atomic E-state index is 0.0731. The summed E-state index contributed by atoms with van der Waals surface area (Å²) in [6.45, 7) is 6.20. The molecule has 1 aliphatic heterocycles. The number of piperazine rings is 1. The average molecular weight is 398 g/mol. The van der Waals surface area contributed by atoms with Crippen molar-refractivity contribution in [3.63, 3.8) is 0 Å². The molecule has 0 unspecified atom stereocenters. The van der Waals surface area contributed by atoms with Crippen LogP contribution in [0.1, 0.15) is 11.1 Å². The van der Waals surface area contributed by atoms with Crippen LogP contribution < -0.4 is 5.32 Å². The normalized spacial score (nSPS) is 14.7. The van der Waals surface area contributed by atoms with E-state index >= 15 is 0 Å². The van der Waals surface area contributed by atoms with Gasteiger partial charge in [0.05, 0.1) is 11.5 Å². The number of aryl methyl sites for hydroxylation is 1. The highest BCUT2D eigenvalue weighted by molar-refractivity contribution is 8.00. The molecule has 1 N–H and O–H groups in total. The van der Waals surface area contributed by atoms with Crippen LogP contribution in [0.2, 0.25) is 0 Å². The zero-order valence-corrected chi connectivity index (χ0v) is 17.1. The van der Waals surface area contributed by atoms with Crippen molar-refractivity contribution in [2.24, 2.45) is 0 Å². The number of benzene rings is 2. The van der Waals surface area contributed by atoms with Gasteiger partial charge < -0.3 is 10.2 Å². The lowest BCUT2D eigenvalue weighted by molar-refractivity contribution is -0.130. The van der Waals surface area contributed by atoms with Gasteiger partial charge in [0.1, 0.15) is 0 Å². The molecule has 0 atom stereocenters. The first kappa shape index (κ1) is 20.4. The lowest BCUT2D eigenvalue weighted by Crippen LogP contribution is -2.48. The van der Waals surface area contributed by atoms with Crippen LogP contribution in [0.5, 0.6) is 0 Å². The summed E-state index contributed by atoms with van der Waals surface area (Å²) >= 11 is 1.37. The summed E-state index contributed by atoms with van der Waals surface area (Å²) in [4.78, 5) is 28.7. The molecule has 6 heteroatoms. The Bertz CT molecular complexity index is 789. The van der Waals surface area contributed by atoms with Crippen molar-refractivity contribution in [3.05, 3.63) is 65.7 Å². The molecule has 1 fully saturated rings. The SMILES string of the molecule is Cc1cccc(NC(=O)CSCC(=O)N2CCN(Cc3ccccc3)CC2)c1. The second-order valence-corrected chi connectivity index (χ2v) is 8.04. The summed E-state index contributed by atoms with van der Waals surface area (Å²) in [5.41, 5.74) is 3.20. The molecule has 1 saturated heterocycles. The molecule has 0 bridgehead atoms. The number of hydrogen-bond donors (Lipinski definition) is 1. The summed E-state index contributed by atoms with van der Waals surface area (Å²) in [5, 5.41) is 2.87. The molecule has 1 heterocycles. The van der Waals surface area contributed by atoms with Crippen molar-refractivity contribution in [1.29, 1.82) is 0 Å². The first-order valence-electron chi connectivity index (χ1n) is 9.58. The molecule has 2 aromatic carbocycles. The molecular formula is C22H27N3O2S. The molecule has 5 nitrogen and oxygen atoms in total. The van der Waals surface area contributed by atoms with E-state index in [4.69, 9.17) is 0 Å². The summed E-state index contributed by atoms with van der Waals surface area (Å²) in [7, 11) is 0. The number of rotatable bonds is 7. The number of hydrogen-bond acceptors (Lipinski definition) is 4. The zero-order chi connectivity index (χ0) is 19.8. The van der Waals surface area contributed by atoms with Crippen LogP contribution >= 0.6 is 11.8 Å². The van der Waals surface area contributed by atoms with Gasteiger partial charge in [-0.15, -0.1) is 11.8 Å². The summed E-state index contributed by atoms with van der Waals surface area (Å²) < 4.78 is 0. The van der Waals surface area contributed by atoms with E-state index in [1.54, 1.807) is 0 Å². The number of anilines is 1. The van der Waals surface area contributed by atoms with E-state index < -0.39 is 0 Å². The Balaban J connectivity index is 1.34. The predicted molar refractivity (Wildman–Crippen MR) is 115 cm³/mol. The molecule has 0 spiro atoms. The van der Waals surface area contributed by atoms with Gasteiger partial charge in [-0.3, -0.25) is 14.5 Å². The molecule has 0 radical (unpaired) electrons. The second-order valence-electron chi connectivity index (χ2n) is 7.05. The quantitative estimate of drug-likeness (QED) is 0.780. The first-order valence-corrected chi connectivity index (χ1v) is 10.7. The fraction of sp³-hybridized carbons (Fsp3) is 0.364. The van der Waals surface area contributed by atoms with Gasteiger partial charge in [0.15, 0.2) is 0 Å². The second kappa shape index (κ2) is 10.3. The maximum absolute atomic E-state index is 12.4. The van der Waals surface area contributed by atoms with Gasteiger partial charge >= 0.3 is 0 Å². The monoisotopic (exact) mass is 397 g/mol. The van der Waals surface area contributed by atoms with Crippen LogP contribution in [-0.2, 0) is 16.1 Å². The van der Waals surface area contributed by atoms with E-state index in [-0.39, 0.29) is 17.6 Å². The van der Waals surface area contributed by atoms with Crippen LogP contribution in [0.25, 0.3) is 0 Å². The van der Waals surface area contributed by atoms with Gasteiger partial charge in [-0.25, -0.2) is 0 Å². The van der Waals surface area contributed by atoms with Gasteiger partial charge in [-0.1, -0.05) is 42.5 Å². The number of amides is 2. The van der Waals surface area contributed by atoms with E-state index in [0.29, 0.717) is 5.75 Å². The van der Waals surface area contributed by atoms with Crippen molar-refractivity contribution >= 4 is 29.3 Å². The van der Waals surface area contributed by atoms with E-state index in [0.717, 1.165) is 44.0 Å². The Hall–Kier alpha value is -2.31. The van der Waals surface area contributed by atoms with Gasteiger partial charge in [-0.05, 0) is 30.2 Å². The standard InChI is InChI=1S/C22H27N3O2S/c1-18-6-5-9-20(14-18)23-21(26)16-28-17-22(27)25-12-10-24(11-13-25)15-19-7-3-2-4-8-19/h2-9,14H,10-13,15-17H2,1H3,(H,23,26). The summed E-state index contributed by atoms with van der Waals surface area (Å²) in [6, 6.07) is 18.1. The molecule has 2 aromatic rings. The lowest BCUT2D eigenvalue weighted by Gasteiger charge is -2.34. The van der Waals surface area contributed by atoms with Gasteiger partial charge in [0, 0.05) is 38.4 Å². The molecule has 1 aliphatic rings. The fourth-order valence-corrected chi connectivity index (χ4v) is 3.96. The van der Waals surface area contributed by atoms with Crippen LogP contribution in [-0.4, -0.2) is 59.3 Å². The Labute approximate surface area is 171 Å². The predicted octanol–water partition coefficient (Wildman–Crippen LogP) is 3.01. The van der Waals surface area contributed by atoms with Crippen LogP contribution in [0.4, 0.5) is 5.69 Å². The van der Waals surface area contributed by atoms with Crippen molar-refractivity contribution in [3.8, 4) is 0 Å². The molecule has 0 aliphatic carbocycles. The molecule has 0 saturated carbocycles. The summed E-state index contributed by atoms with van der Waals surface area (Å²) in [6.07, 6.45) is 0. The molecule has 0 aromatic heterocycles. The average Bonchev–Trinajstić information content (AvgIpc) is 2.69. The Morgan fingerprint density at radius 3 is 2.43 bits per heavy atom. The Kier molecular flexibility index (Phi) is 7.51. The highest BCUT2D eigenvalue weighted by Gasteiger charge is 2.21. The maximum Gasteiger partial charge on any atom is 0.234 e. The molecular weight excluding hydrogens is 370 g/mol. The first-order chi connectivity index (χ1) is 13.6. The number of thioether (sulfide) groups is 1. The van der Waals surface area contributed by atoms with Crippen LogP contribution in [0.15, 0.2) is 54.6 Å². The molecule has 2 amide bonds. The number of carbonyl (C=O) groups excluding carboxylic acids is 2. The highest BCUT2D eigenvalue weighted by Crippen LogP contribution is 2.12. The molecule has 148 valence electrons. The fourth-order valence-electron chi connectivity index (χ4n) is 3.24. The van der Waals surface area contributed by atoms with Crippen molar-refractivity contribution < 1.29 is 9.59 Å². The maximum atomic E-state index is 12.4. The lowest BCUT2D eigenvalue weighted by atomic mass is 10.2. The number of nitrogens with one attached hydrogen (secondary N) is 1. The minimum Gasteiger partial charge on any atom is -0.339 e.